The number of aromatic hydroxyl groups is 1. The Balaban J connectivity index is 2.74. The SMILES string of the molecule is CC(C)[Si](C#Cc1c(F)ccc2cc(O[Si](C(C)C)(C(C)C)C(C)C)cc(O)c12)(C(C)C)C(C)C. The second-order valence-corrected chi connectivity index (χ2v) is 23.0. The zero-order valence-electron chi connectivity index (χ0n) is 24.0. The third-order valence-electron chi connectivity index (χ3n) is 8.29. The lowest BCUT2D eigenvalue weighted by molar-refractivity contribution is 0.460. The van der Waals surface area contributed by atoms with Crippen LogP contribution in [0.3, 0.4) is 0 Å². The lowest BCUT2D eigenvalue weighted by atomic mass is 10.0. The van der Waals surface area contributed by atoms with Crippen molar-refractivity contribution in [2.75, 3.05) is 0 Å². The standard InChI is InChI=1S/C30H47FO2Si2/c1-19(2)34(20(3)4,21(5)6)16-15-27-28(31)14-13-25-17-26(18-29(32)30(25)27)33-35(22(7)8,23(9)10)24(11)12/h13-14,17-24,32H,1-12H3. The molecule has 0 heterocycles. The minimum absolute atomic E-state index is 0.0337. The number of fused-ring (bicyclic) bond motifs is 1. The van der Waals surface area contributed by atoms with E-state index in [2.05, 4.69) is 94.5 Å². The van der Waals surface area contributed by atoms with Gasteiger partial charge in [0.2, 0.25) is 0 Å². The Bertz CT molecular complexity index is 1050. The molecule has 0 saturated carbocycles. The summed E-state index contributed by atoms with van der Waals surface area (Å²) in [4.78, 5) is 0. The first-order valence-electron chi connectivity index (χ1n) is 13.3. The summed E-state index contributed by atoms with van der Waals surface area (Å²) in [5, 5.41) is 12.4. The molecule has 0 spiro atoms. The summed E-state index contributed by atoms with van der Waals surface area (Å²) in [6.45, 7) is 26.9. The molecule has 1 N–H and O–H groups in total. The van der Waals surface area contributed by atoms with Crippen molar-refractivity contribution in [3.63, 3.8) is 0 Å². The third kappa shape index (κ3) is 5.34. The van der Waals surface area contributed by atoms with Crippen LogP contribution in [-0.2, 0) is 0 Å². The molecule has 0 atom stereocenters. The fraction of sp³-hybridized carbons (Fsp3) is 0.600. The van der Waals surface area contributed by atoms with Crippen molar-refractivity contribution in [1.29, 1.82) is 0 Å². The van der Waals surface area contributed by atoms with E-state index >= 15 is 4.39 Å². The van der Waals surface area contributed by atoms with Crippen LogP contribution in [0, 0.1) is 17.3 Å². The highest BCUT2D eigenvalue weighted by atomic mass is 28.4. The molecule has 0 aliphatic rings. The Hall–Kier alpha value is -1.78. The number of benzene rings is 2. The first-order chi connectivity index (χ1) is 16.1. The summed E-state index contributed by atoms with van der Waals surface area (Å²) >= 11 is 0. The Morgan fingerprint density at radius 2 is 1.23 bits per heavy atom. The first-order valence-corrected chi connectivity index (χ1v) is 17.7. The normalized spacial score (nSPS) is 13.0. The first kappa shape index (κ1) is 29.5. The minimum Gasteiger partial charge on any atom is -0.543 e. The highest BCUT2D eigenvalue weighted by Crippen LogP contribution is 2.45. The number of phenols is 1. The lowest BCUT2D eigenvalue weighted by Crippen LogP contribution is -2.50. The van der Waals surface area contributed by atoms with Crippen LogP contribution in [0.1, 0.15) is 88.6 Å². The number of hydrogen-bond acceptors (Lipinski definition) is 2. The van der Waals surface area contributed by atoms with E-state index in [4.69, 9.17) is 4.43 Å². The van der Waals surface area contributed by atoms with Crippen LogP contribution in [0.15, 0.2) is 24.3 Å². The van der Waals surface area contributed by atoms with Gasteiger partial charge in [-0.1, -0.05) is 95.1 Å². The molecule has 0 aliphatic carbocycles. The Kier molecular flexibility index (Phi) is 9.33. The van der Waals surface area contributed by atoms with Crippen molar-refractivity contribution in [3.05, 3.63) is 35.6 Å². The van der Waals surface area contributed by atoms with Crippen molar-refractivity contribution < 1.29 is 13.9 Å². The highest BCUT2D eigenvalue weighted by molar-refractivity contribution is 6.90. The average molecular weight is 515 g/mol. The van der Waals surface area contributed by atoms with E-state index in [9.17, 15) is 5.11 Å². The molecule has 0 saturated heterocycles. The van der Waals surface area contributed by atoms with Crippen molar-refractivity contribution in [2.45, 2.75) is 116 Å². The maximum atomic E-state index is 15.1. The van der Waals surface area contributed by atoms with Gasteiger partial charge in [-0.2, -0.15) is 0 Å². The summed E-state index contributed by atoms with van der Waals surface area (Å²) < 4.78 is 22.0. The van der Waals surface area contributed by atoms with Gasteiger partial charge >= 0.3 is 0 Å². The lowest BCUT2D eigenvalue weighted by Gasteiger charge is -2.42. The zero-order chi connectivity index (χ0) is 26.9. The van der Waals surface area contributed by atoms with E-state index < -0.39 is 16.4 Å². The molecule has 0 unspecified atom stereocenters. The van der Waals surface area contributed by atoms with Crippen LogP contribution in [0.2, 0.25) is 33.2 Å². The monoisotopic (exact) mass is 514 g/mol. The maximum absolute atomic E-state index is 15.1. The molecule has 2 aromatic carbocycles. The molecule has 0 bridgehead atoms. The number of phenolic OH excluding ortho intramolecular Hbond substituents is 1. The van der Waals surface area contributed by atoms with Gasteiger partial charge < -0.3 is 9.53 Å². The van der Waals surface area contributed by atoms with E-state index in [0.29, 0.717) is 49.9 Å². The Labute approximate surface area is 215 Å². The second-order valence-electron chi connectivity index (χ2n) is 12.0. The van der Waals surface area contributed by atoms with Gasteiger partial charge in [0.15, 0.2) is 0 Å². The summed E-state index contributed by atoms with van der Waals surface area (Å²) in [6.07, 6.45) is 0. The quantitative estimate of drug-likeness (QED) is 0.280. The van der Waals surface area contributed by atoms with Crippen LogP contribution in [-0.4, -0.2) is 21.5 Å². The molecule has 0 amide bonds. The molecular formula is C30H47FO2Si2. The van der Waals surface area contributed by atoms with Crippen LogP contribution in [0.4, 0.5) is 4.39 Å². The number of rotatable bonds is 8. The fourth-order valence-electron chi connectivity index (χ4n) is 6.73. The summed E-state index contributed by atoms with van der Waals surface area (Å²) in [5.41, 5.74) is 6.50. The highest BCUT2D eigenvalue weighted by Gasteiger charge is 2.47. The van der Waals surface area contributed by atoms with Crippen molar-refractivity contribution in [2.24, 2.45) is 0 Å². The molecule has 0 aliphatic heterocycles. The largest absolute Gasteiger partial charge is 0.543 e. The molecule has 0 radical (unpaired) electrons. The van der Waals surface area contributed by atoms with E-state index in [-0.39, 0.29) is 11.6 Å². The molecule has 194 valence electrons. The van der Waals surface area contributed by atoms with Crippen LogP contribution in [0.25, 0.3) is 10.8 Å². The van der Waals surface area contributed by atoms with E-state index in [0.717, 1.165) is 5.39 Å². The van der Waals surface area contributed by atoms with Gasteiger partial charge in [-0.25, -0.2) is 4.39 Å². The minimum atomic E-state index is -2.19. The molecule has 2 rings (SSSR count). The number of hydrogen-bond donors (Lipinski definition) is 1. The Morgan fingerprint density at radius 1 is 0.743 bits per heavy atom. The van der Waals surface area contributed by atoms with Gasteiger partial charge in [0.1, 0.15) is 25.4 Å². The second kappa shape index (κ2) is 11.1. The van der Waals surface area contributed by atoms with Gasteiger partial charge in [0.25, 0.3) is 8.32 Å². The molecular weight excluding hydrogens is 467 g/mol. The molecule has 5 heteroatoms. The van der Waals surface area contributed by atoms with Gasteiger partial charge in [0.05, 0.1) is 5.56 Å². The molecule has 2 aromatic rings. The summed E-state index contributed by atoms with van der Waals surface area (Å²) in [5.74, 6) is 3.56. The summed E-state index contributed by atoms with van der Waals surface area (Å²) in [7, 11) is -4.24. The average Bonchev–Trinajstić information content (AvgIpc) is 2.72. The molecule has 0 fully saturated rings. The molecule has 35 heavy (non-hydrogen) atoms. The van der Waals surface area contributed by atoms with E-state index in [1.165, 1.54) is 6.07 Å². The van der Waals surface area contributed by atoms with Crippen LogP contribution >= 0.6 is 0 Å². The van der Waals surface area contributed by atoms with Gasteiger partial charge in [0, 0.05) is 11.5 Å². The van der Waals surface area contributed by atoms with Crippen molar-refractivity contribution in [3.8, 4) is 23.0 Å². The predicted octanol–water partition coefficient (Wildman–Crippen LogP) is 9.81. The fourth-order valence-corrected chi connectivity index (χ4v) is 17.2. The zero-order valence-corrected chi connectivity index (χ0v) is 26.0. The molecule has 0 aromatic heterocycles. The topological polar surface area (TPSA) is 29.5 Å². The number of halogens is 1. The maximum Gasteiger partial charge on any atom is 0.258 e. The van der Waals surface area contributed by atoms with Gasteiger partial charge in [-0.05, 0) is 50.8 Å². The van der Waals surface area contributed by atoms with E-state index in [1.54, 1.807) is 12.1 Å². The predicted molar refractivity (Wildman–Crippen MR) is 155 cm³/mol. The molecule has 2 nitrogen and oxygen atoms in total. The van der Waals surface area contributed by atoms with Crippen molar-refractivity contribution >= 4 is 27.2 Å². The third-order valence-corrected chi connectivity index (χ3v) is 20.6. The van der Waals surface area contributed by atoms with Crippen molar-refractivity contribution in [1.82, 2.24) is 0 Å². The van der Waals surface area contributed by atoms with Gasteiger partial charge in [-0.15, -0.1) is 5.54 Å². The summed E-state index contributed by atoms with van der Waals surface area (Å²) in [6, 6.07) is 6.81. The Morgan fingerprint density at radius 3 is 1.66 bits per heavy atom. The van der Waals surface area contributed by atoms with Gasteiger partial charge in [-0.3, -0.25) is 0 Å². The smallest absolute Gasteiger partial charge is 0.258 e. The van der Waals surface area contributed by atoms with Crippen LogP contribution in [0.5, 0.6) is 11.5 Å². The van der Waals surface area contributed by atoms with Crippen LogP contribution < -0.4 is 4.43 Å². The van der Waals surface area contributed by atoms with E-state index in [1.807, 2.05) is 6.07 Å².